The maximum atomic E-state index is 11.6. The van der Waals surface area contributed by atoms with Crippen LogP contribution in [0.4, 0.5) is 11.4 Å². The second kappa shape index (κ2) is 7.99. The van der Waals surface area contributed by atoms with E-state index in [9.17, 15) is 14.9 Å². The minimum atomic E-state index is -4.94. The second-order valence-electron chi connectivity index (χ2n) is 4.88. The standard InChI is InChI=1S/C15H11N2O4.ClHO4/c18-14-10-16(12-4-2-1-3-5-12)15(21-14)11-6-8-13(9-7-11)17(19)20;2-1(3,4)5/h1-9H,10H2;(H,2,3,4,5)/q+1;/p-1. The van der Waals surface area contributed by atoms with Gasteiger partial charge < -0.3 is 4.74 Å². The van der Waals surface area contributed by atoms with E-state index < -0.39 is 15.2 Å². The van der Waals surface area contributed by atoms with Gasteiger partial charge >= 0.3 is 11.9 Å². The molecule has 1 aliphatic rings. The lowest BCUT2D eigenvalue weighted by Gasteiger charge is -2.17. The van der Waals surface area contributed by atoms with Crippen LogP contribution in [-0.4, -0.2) is 27.9 Å². The number of halogens is 1. The summed E-state index contributed by atoms with van der Waals surface area (Å²) < 4.78 is 41.0. The molecule has 0 amide bonds. The summed E-state index contributed by atoms with van der Waals surface area (Å²) in [6, 6.07) is 15.3. The fourth-order valence-electron chi connectivity index (χ4n) is 2.15. The van der Waals surface area contributed by atoms with E-state index in [0.717, 1.165) is 5.69 Å². The lowest BCUT2D eigenvalue weighted by molar-refractivity contribution is -2.00. The lowest BCUT2D eigenvalue weighted by Crippen LogP contribution is -2.68. The Morgan fingerprint density at radius 1 is 0.962 bits per heavy atom. The minimum Gasteiger partial charge on any atom is -0.365 e. The highest BCUT2D eigenvalue weighted by Crippen LogP contribution is 2.20. The molecule has 0 aromatic heterocycles. The lowest BCUT2D eigenvalue weighted by atomic mass is 10.2. The van der Waals surface area contributed by atoms with E-state index in [2.05, 4.69) is 0 Å². The van der Waals surface area contributed by atoms with Crippen LogP contribution in [0.3, 0.4) is 0 Å². The number of para-hydroxylation sites is 1. The number of carbonyl (C=O) groups is 1. The van der Waals surface area contributed by atoms with Crippen LogP contribution in [-0.2, 0) is 9.53 Å². The van der Waals surface area contributed by atoms with Crippen LogP contribution in [0.2, 0.25) is 0 Å². The van der Waals surface area contributed by atoms with Gasteiger partial charge in [0.25, 0.3) is 5.69 Å². The number of ether oxygens (including phenoxy) is 1. The quantitative estimate of drug-likeness (QED) is 0.243. The molecule has 0 saturated heterocycles. The zero-order chi connectivity index (χ0) is 19.3. The van der Waals surface area contributed by atoms with Crippen LogP contribution in [0.1, 0.15) is 5.56 Å². The molecule has 136 valence electrons. The minimum absolute atomic E-state index is 0.00469. The number of rotatable bonds is 3. The Morgan fingerprint density at radius 3 is 2.00 bits per heavy atom. The summed E-state index contributed by atoms with van der Waals surface area (Å²) in [5.74, 6) is 0.0355. The third-order valence-electron chi connectivity index (χ3n) is 3.14. The largest absolute Gasteiger partial charge is 0.384 e. The molecule has 26 heavy (non-hydrogen) atoms. The molecular weight excluding hydrogens is 372 g/mol. The van der Waals surface area contributed by atoms with Crippen molar-refractivity contribution in [3.8, 4) is 0 Å². The van der Waals surface area contributed by atoms with Crippen LogP contribution in [0, 0.1) is 20.4 Å². The average Bonchev–Trinajstić information content (AvgIpc) is 2.96. The van der Waals surface area contributed by atoms with Crippen LogP contribution in [0.5, 0.6) is 0 Å². The summed E-state index contributed by atoms with van der Waals surface area (Å²) in [6.45, 7) is 0.121. The first-order valence-corrected chi connectivity index (χ1v) is 8.15. The van der Waals surface area contributed by atoms with Gasteiger partial charge in [0.05, 0.1) is 10.5 Å². The first-order chi connectivity index (χ1) is 12.1. The highest BCUT2D eigenvalue weighted by Gasteiger charge is 2.34. The van der Waals surface area contributed by atoms with E-state index >= 15 is 0 Å². The van der Waals surface area contributed by atoms with Crippen molar-refractivity contribution >= 4 is 23.2 Å². The van der Waals surface area contributed by atoms with Crippen molar-refractivity contribution in [1.82, 2.24) is 0 Å². The van der Waals surface area contributed by atoms with Gasteiger partial charge in [-0.25, -0.2) is 23.4 Å². The molecule has 10 nitrogen and oxygen atoms in total. The predicted molar refractivity (Wildman–Crippen MR) is 74.5 cm³/mol. The van der Waals surface area contributed by atoms with Gasteiger partial charge in [0, 0.05) is 24.3 Å². The molecule has 0 spiro atoms. The Kier molecular flexibility index (Phi) is 5.97. The first kappa shape index (κ1) is 19.4. The van der Waals surface area contributed by atoms with Crippen molar-refractivity contribution in [2.45, 2.75) is 0 Å². The van der Waals surface area contributed by atoms with Gasteiger partial charge in [0.15, 0.2) is 0 Å². The van der Waals surface area contributed by atoms with Crippen molar-refractivity contribution in [3.05, 3.63) is 70.3 Å². The van der Waals surface area contributed by atoms with E-state index in [1.807, 2.05) is 30.3 Å². The average molecular weight is 383 g/mol. The number of nitrogens with zero attached hydrogens (tertiary/aromatic N) is 2. The van der Waals surface area contributed by atoms with E-state index in [-0.39, 0.29) is 18.2 Å². The van der Waals surface area contributed by atoms with Crippen LogP contribution < -0.4 is 18.6 Å². The number of nitro groups is 1. The maximum absolute atomic E-state index is 11.6. The van der Waals surface area contributed by atoms with Gasteiger partial charge in [-0.1, -0.05) is 18.2 Å². The summed E-state index contributed by atoms with van der Waals surface area (Å²) in [4.78, 5) is 21.8. The fraction of sp³-hybridized carbons (Fsp3) is 0.0667. The van der Waals surface area contributed by atoms with Gasteiger partial charge in [0.1, 0.15) is 0 Å². The monoisotopic (exact) mass is 382 g/mol. The van der Waals surface area contributed by atoms with Gasteiger partial charge in [-0.15, -0.1) is 14.8 Å². The smallest absolute Gasteiger partial charge is 0.365 e. The molecule has 2 aromatic carbocycles. The van der Waals surface area contributed by atoms with Crippen molar-refractivity contribution < 1.29 is 47.9 Å². The van der Waals surface area contributed by atoms with Crippen molar-refractivity contribution in [1.29, 1.82) is 0 Å². The molecule has 0 saturated carbocycles. The molecule has 2 aromatic rings. The highest BCUT2D eigenvalue weighted by atomic mass is 35.7. The number of hydrogen-bond donors (Lipinski definition) is 0. The predicted octanol–water partition coefficient (Wildman–Crippen LogP) is -2.51. The Balaban J connectivity index is 0.000000431. The fourth-order valence-corrected chi connectivity index (χ4v) is 2.15. The zero-order valence-corrected chi connectivity index (χ0v) is 13.7. The molecule has 0 bridgehead atoms. The number of esters is 1. The van der Waals surface area contributed by atoms with E-state index in [0.29, 0.717) is 11.5 Å². The van der Waals surface area contributed by atoms with Gasteiger partial charge in [-0.3, -0.25) is 10.1 Å². The number of nitro benzene ring substituents is 1. The summed E-state index contributed by atoms with van der Waals surface area (Å²) in [5.41, 5.74) is 1.45. The van der Waals surface area contributed by atoms with Crippen molar-refractivity contribution in [2.24, 2.45) is 0 Å². The maximum Gasteiger partial charge on any atom is 0.384 e. The molecule has 1 heterocycles. The Labute approximate surface area is 148 Å². The van der Waals surface area contributed by atoms with Gasteiger partial charge in [-0.2, -0.15) is 0 Å². The van der Waals surface area contributed by atoms with Crippen molar-refractivity contribution in [2.75, 3.05) is 6.54 Å². The molecule has 1 aliphatic heterocycles. The summed E-state index contributed by atoms with van der Waals surface area (Å²) >= 11 is 0. The number of benzene rings is 2. The topological polar surface area (TPSA) is 165 Å². The Morgan fingerprint density at radius 2 is 1.50 bits per heavy atom. The SMILES string of the molecule is O=C1C[N+](c2ccccc2)=C(c2ccc([N+](=O)[O-])cc2)O1.[O-][Cl+3]([O-])([O-])[O-]. The van der Waals surface area contributed by atoms with Gasteiger partial charge in [0.2, 0.25) is 12.2 Å². The van der Waals surface area contributed by atoms with E-state index in [1.165, 1.54) is 12.1 Å². The van der Waals surface area contributed by atoms with Crippen LogP contribution in [0.25, 0.3) is 0 Å². The molecular formula is C15H11ClN2O8. The third-order valence-corrected chi connectivity index (χ3v) is 3.14. The summed E-state index contributed by atoms with van der Waals surface area (Å²) in [5, 5.41) is 10.7. The molecule has 3 rings (SSSR count). The van der Waals surface area contributed by atoms with Crippen molar-refractivity contribution in [3.63, 3.8) is 0 Å². The molecule has 0 fully saturated rings. The number of cyclic esters (lactones) is 1. The number of hydrogen-bond acceptors (Lipinski definition) is 8. The van der Waals surface area contributed by atoms with Crippen LogP contribution >= 0.6 is 0 Å². The number of carbonyl (C=O) groups excluding carboxylic acids is 1. The molecule has 0 unspecified atom stereocenters. The van der Waals surface area contributed by atoms with Crippen LogP contribution in [0.15, 0.2) is 54.6 Å². The van der Waals surface area contributed by atoms with E-state index in [4.69, 9.17) is 23.4 Å². The van der Waals surface area contributed by atoms with Gasteiger partial charge in [-0.05, 0) is 12.1 Å². The molecule has 0 N–H and O–H groups in total. The number of non-ortho nitro benzene ring substituents is 1. The molecule has 0 aliphatic carbocycles. The molecule has 11 heteroatoms. The normalized spacial score (nSPS) is 13.8. The second-order valence-corrected chi connectivity index (χ2v) is 5.64. The first-order valence-electron chi connectivity index (χ1n) is 6.92. The Hall–Kier alpha value is -2.89. The zero-order valence-electron chi connectivity index (χ0n) is 12.9. The molecule has 0 radical (unpaired) electrons. The third kappa shape index (κ3) is 5.58. The summed E-state index contributed by atoms with van der Waals surface area (Å²) in [7, 11) is -4.94. The molecule has 0 atom stereocenters. The van der Waals surface area contributed by atoms with E-state index in [1.54, 1.807) is 16.7 Å². The summed E-state index contributed by atoms with van der Waals surface area (Å²) in [6.07, 6.45) is 0. The Bertz CT molecular complexity index is 825. The highest BCUT2D eigenvalue weighted by molar-refractivity contribution is 6.01.